The maximum Gasteiger partial charge on any atom is 0.489 e. The number of ether oxygens (including phenoxy) is 1. The van der Waals surface area contributed by atoms with Gasteiger partial charge in [-0.1, -0.05) is 30.3 Å². The fourth-order valence-corrected chi connectivity index (χ4v) is 3.62. The number of rotatable bonds is 9. The summed E-state index contributed by atoms with van der Waals surface area (Å²) in [6.07, 6.45) is 0.630. The zero-order valence-electron chi connectivity index (χ0n) is 13.1. The minimum absolute atomic E-state index is 0.147. The smallest absolute Gasteiger partial charge is 0.489 e. The Morgan fingerprint density at radius 1 is 1.08 bits per heavy atom. The molecule has 0 aliphatic carbocycles. The van der Waals surface area contributed by atoms with Gasteiger partial charge in [0.05, 0.1) is 0 Å². The van der Waals surface area contributed by atoms with E-state index in [4.69, 9.17) is 9.29 Å². The van der Waals surface area contributed by atoms with Gasteiger partial charge < -0.3 is 9.63 Å². The summed E-state index contributed by atoms with van der Waals surface area (Å²) in [6, 6.07) is 16.5. The molecule has 0 fully saturated rings. The molecule has 25 heavy (non-hydrogen) atoms. The second-order valence-electron chi connectivity index (χ2n) is 5.23. The van der Waals surface area contributed by atoms with Crippen molar-refractivity contribution < 1.29 is 31.7 Å². The van der Waals surface area contributed by atoms with Crippen LogP contribution >= 0.6 is 8.25 Å². The highest BCUT2D eigenvalue weighted by atomic mass is 32.2. The Hall–Kier alpha value is -1.83. The summed E-state index contributed by atoms with van der Waals surface area (Å²) in [5, 5.41) is 0. The van der Waals surface area contributed by atoms with Crippen LogP contribution in [0.5, 0.6) is 11.5 Å². The third-order valence-corrected chi connectivity index (χ3v) is 4.88. The fourth-order valence-electron chi connectivity index (χ4n) is 2.21. The van der Waals surface area contributed by atoms with Crippen LogP contribution in [0.25, 0.3) is 0 Å². The summed E-state index contributed by atoms with van der Waals surface area (Å²) in [6.45, 7) is 0. The predicted molar refractivity (Wildman–Crippen MR) is 89.9 cm³/mol. The second kappa shape index (κ2) is 9.03. The Morgan fingerprint density at radius 3 is 2.40 bits per heavy atom. The SMILES string of the molecule is O=[P+]([O-])OC(CCCc1cccc(Oc2ccccc2)c1)S(=O)(=O)O. The summed E-state index contributed by atoms with van der Waals surface area (Å²) in [4.78, 5) is 10.5. The Balaban J connectivity index is 1.94. The molecule has 0 spiro atoms. The number of para-hydroxylation sites is 1. The molecule has 1 N–H and O–H groups in total. The van der Waals surface area contributed by atoms with Gasteiger partial charge in [0.2, 0.25) is 5.44 Å². The van der Waals surface area contributed by atoms with E-state index >= 15 is 0 Å². The lowest BCUT2D eigenvalue weighted by Gasteiger charge is -2.10. The first-order valence-electron chi connectivity index (χ1n) is 7.44. The van der Waals surface area contributed by atoms with Crippen molar-refractivity contribution in [2.24, 2.45) is 0 Å². The lowest BCUT2D eigenvalue weighted by atomic mass is 10.1. The summed E-state index contributed by atoms with van der Waals surface area (Å²) in [5.74, 6) is 1.33. The van der Waals surface area contributed by atoms with E-state index < -0.39 is 23.8 Å². The van der Waals surface area contributed by atoms with E-state index in [1.54, 1.807) is 12.1 Å². The standard InChI is InChI=1S/C16H17O7PS/c17-24(18)23-16(25(19,20)21)11-5-7-13-6-4-10-15(12-13)22-14-8-2-1-3-9-14/h1-4,6,8-10,12,16H,5,7,11H2,(H,19,20,21). The molecule has 7 nitrogen and oxygen atoms in total. The van der Waals surface area contributed by atoms with Crippen LogP contribution in [0.3, 0.4) is 0 Å². The average molecular weight is 384 g/mol. The van der Waals surface area contributed by atoms with Crippen LogP contribution < -0.4 is 9.63 Å². The first-order chi connectivity index (χ1) is 11.8. The maximum absolute atomic E-state index is 11.1. The van der Waals surface area contributed by atoms with Gasteiger partial charge >= 0.3 is 8.25 Å². The molecule has 0 radical (unpaired) electrons. The Kier molecular flexibility index (Phi) is 7.04. The van der Waals surface area contributed by atoms with Gasteiger partial charge in [0.25, 0.3) is 10.1 Å². The minimum atomic E-state index is -4.59. The topological polar surface area (TPSA) is 113 Å². The number of hydrogen-bond acceptors (Lipinski definition) is 6. The molecule has 2 aromatic rings. The monoisotopic (exact) mass is 384 g/mol. The third-order valence-electron chi connectivity index (χ3n) is 3.32. The average Bonchev–Trinajstić information content (AvgIpc) is 2.54. The van der Waals surface area contributed by atoms with Gasteiger partial charge in [-0.05, 0) is 53.7 Å². The molecule has 2 unspecified atom stereocenters. The molecule has 0 amide bonds. The molecule has 0 saturated heterocycles. The van der Waals surface area contributed by atoms with E-state index in [2.05, 4.69) is 4.52 Å². The molecule has 0 bridgehead atoms. The van der Waals surface area contributed by atoms with Crippen molar-refractivity contribution in [3.05, 3.63) is 60.2 Å². The highest BCUT2D eigenvalue weighted by Gasteiger charge is 2.29. The second-order valence-corrected chi connectivity index (χ2v) is 7.44. The van der Waals surface area contributed by atoms with Crippen molar-refractivity contribution in [2.45, 2.75) is 24.7 Å². The zero-order valence-corrected chi connectivity index (χ0v) is 14.9. The van der Waals surface area contributed by atoms with Crippen LogP contribution in [0.1, 0.15) is 18.4 Å². The summed E-state index contributed by atoms with van der Waals surface area (Å²) in [7, 11) is -7.96. The molecule has 0 heterocycles. The van der Waals surface area contributed by atoms with Gasteiger partial charge in [-0.3, -0.25) is 4.55 Å². The molecular formula is C16H17O7PS. The third kappa shape index (κ3) is 6.89. The van der Waals surface area contributed by atoms with Gasteiger partial charge in [0, 0.05) is 0 Å². The molecule has 134 valence electrons. The van der Waals surface area contributed by atoms with Crippen LogP contribution in [0.15, 0.2) is 54.6 Å². The van der Waals surface area contributed by atoms with Crippen molar-refractivity contribution in [2.75, 3.05) is 0 Å². The molecule has 0 aromatic heterocycles. The van der Waals surface area contributed by atoms with Crippen molar-refractivity contribution in [3.63, 3.8) is 0 Å². The van der Waals surface area contributed by atoms with Crippen molar-refractivity contribution in [3.8, 4) is 11.5 Å². The summed E-state index contributed by atoms with van der Waals surface area (Å²) < 4.78 is 51.7. The maximum atomic E-state index is 11.1. The minimum Gasteiger partial charge on any atom is -0.566 e. The van der Waals surface area contributed by atoms with E-state index in [9.17, 15) is 17.9 Å². The first-order valence-corrected chi connectivity index (χ1v) is 10.0. The predicted octanol–water partition coefficient (Wildman–Crippen LogP) is 3.05. The fraction of sp³-hybridized carbons (Fsp3) is 0.250. The molecule has 0 aliphatic heterocycles. The normalized spacial score (nSPS) is 13.3. The molecule has 0 aliphatic rings. The quantitative estimate of drug-likeness (QED) is 0.522. The van der Waals surface area contributed by atoms with Gasteiger partial charge in [-0.2, -0.15) is 8.42 Å². The molecule has 0 saturated carbocycles. The van der Waals surface area contributed by atoms with Crippen LogP contribution in [0, 0.1) is 0 Å². The van der Waals surface area contributed by atoms with E-state index in [1.807, 2.05) is 42.5 Å². The largest absolute Gasteiger partial charge is 0.566 e. The Bertz CT molecular complexity index is 808. The summed E-state index contributed by atoms with van der Waals surface area (Å²) >= 11 is 0. The molecule has 9 heteroatoms. The van der Waals surface area contributed by atoms with E-state index in [-0.39, 0.29) is 6.42 Å². The van der Waals surface area contributed by atoms with E-state index in [0.29, 0.717) is 24.3 Å². The highest BCUT2D eigenvalue weighted by molar-refractivity contribution is 7.86. The lowest BCUT2D eigenvalue weighted by Crippen LogP contribution is -2.22. The van der Waals surface area contributed by atoms with Crippen LogP contribution in [0.4, 0.5) is 0 Å². The number of benzene rings is 2. The van der Waals surface area contributed by atoms with Crippen molar-refractivity contribution >= 4 is 18.4 Å². The van der Waals surface area contributed by atoms with E-state index in [0.717, 1.165) is 5.56 Å². The lowest BCUT2D eigenvalue weighted by molar-refractivity contribution is -0.187. The number of hydrogen-bond donors (Lipinski definition) is 1. The van der Waals surface area contributed by atoms with Crippen LogP contribution in [-0.2, 0) is 25.6 Å². The Labute approximate surface area is 146 Å². The van der Waals surface area contributed by atoms with E-state index in [1.165, 1.54) is 0 Å². The molecule has 2 aromatic carbocycles. The van der Waals surface area contributed by atoms with Crippen LogP contribution in [-0.4, -0.2) is 18.4 Å². The highest BCUT2D eigenvalue weighted by Crippen LogP contribution is 2.24. The van der Waals surface area contributed by atoms with Crippen molar-refractivity contribution in [1.82, 2.24) is 0 Å². The molecule has 2 atom stereocenters. The van der Waals surface area contributed by atoms with Gasteiger partial charge in [-0.15, -0.1) is 4.52 Å². The first kappa shape index (κ1) is 19.5. The van der Waals surface area contributed by atoms with Gasteiger partial charge in [-0.25, -0.2) is 0 Å². The molecule has 2 rings (SSSR count). The van der Waals surface area contributed by atoms with Gasteiger partial charge in [0.1, 0.15) is 11.5 Å². The molecular weight excluding hydrogens is 367 g/mol. The van der Waals surface area contributed by atoms with Crippen LogP contribution in [0.2, 0.25) is 0 Å². The summed E-state index contributed by atoms with van der Waals surface area (Å²) in [5.41, 5.74) is -0.897. The Morgan fingerprint density at radius 2 is 1.76 bits per heavy atom. The van der Waals surface area contributed by atoms with Crippen molar-refractivity contribution in [1.29, 1.82) is 0 Å². The zero-order chi connectivity index (χ0) is 18.3. The number of aryl methyl sites for hydroxylation is 1. The van der Waals surface area contributed by atoms with Gasteiger partial charge in [0.15, 0.2) is 0 Å².